The van der Waals surface area contributed by atoms with Gasteiger partial charge in [-0.15, -0.1) is 0 Å². The smallest absolute Gasteiger partial charge is 0.185 e. The van der Waals surface area contributed by atoms with Crippen LogP contribution in [0.1, 0.15) is 6.42 Å². The van der Waals surface area contributed by atoms with Crippen molar-refractivity contribution in [2.24, 2.45) is 22.4 Å². The highest BCUT2D eigenvalue weighted by molar-refractivity contribution is 7.92. The van der Waals surface area contributed by atoms with E-state index in [2.05, 4.69) is 4.99 Å². The van der Waals surface area contributed by atoms with E-state index in [0.29, 0.717) is 18.1 Å². The minimum Gasteiger partial charge on any atom is -0.370 e. The second kappa shape index (κ2) is 3.30. The first-order chi connectivity index (χ1) is 5.49. The zero-order chi connectivity index (χ0) is 9.19. The van der Waals surface area contributed by atoms with Crippen LogP contribution in [0.2, 0.25) is 0 Å². The number of hydrogen-bond donors (Lipinski definition) is 2. The third-order valence-electron chi connectivity index (χ3n) is 1.81. The van der Waals surface area contributed by atoms with Gasteiger partial charge in [-0.1, -0.05) is 0 Å². The fourth-order valence-corrected chi connectivity index (χ4v) is 2.88. The topological polar surface area (TPSA) is 98.5 Å². The molecule has 5 nitrogen and oxygen atoms in total. The molecule has 0 unspecified atom stereocenters. The Hall–Kier alpha value is -0.780. The molecule has 0 saturated carbocycles. The molecule has 0 radical (unpaired) electrons. The molecule has 0 atom stereocenters. The first-order valence-electron chi connectivity index (χ1n) is 3.75. The van der Waals surface area contributed by atoms with Gasteiger partial charge in [-0.25, -0.2) is 8.42 Å². The Morgan fingerprint density at radius 1 is 1.42 bits per heavy atom. The zero-order valence-electron chi connectivity index (χ0n) is 6.73. The van der Waals surface area contributed by atoms with E-state index in [4.69, 9.17) is 11.5 Å². The maximum Gasteiger partial charge on any atom is 0.185 e. The SMILES string of the molecule is NC(N)=NCCC1CS(=O)(=O)C1. The largest absolute Gasteiger partial charge is 0.370 e. The van der Waals surface area contributed by atoms with Crippen molar-refractivity contribution in [1.29, 1.82) is 0 Å². The molecular weight excluding hydrogens is 178 g/mol. The minimum atomic E-state index is -2.69. The Kier molecular flexibility index (Phi) is 2.56. The number of rotatable bonds is 3. The molecule has 0 aromatic heterocycles. The summed E-state index contributed by atoms with van der Waals surface area (Å²) in [5.74, 6) is 0.926. The van der Waals surface area contributed by atoms with E-state index in [1.165, 1.54) is 0 Å². The van der Waals surface area contributed by atoms with Gasteiger partial charge in [-0.05, 0) is 12.3 Å². The summed E-state index contributed by atoms with van der Waals surface area (Å²) in [6, 6.07) is 0. The van der Waals surface area contributed by atoms with Crippen LogP contribution in [-0.2, 0) is 9.84 Å². The van der Waals surface area contributed by atoms with E-state index in [9.17, 15) is 8.42 Å². The quantitative estimate of drug-likeness (QED) is 0.427. The molecule has 0 amide bonds. The lowest BCUT2D eigenvalue weighted by molar-refractivity contribution is 0.503. The van der Waals surface area contributed by atoms with Crippen LogP contribution in [0.3, 0.4) is 0 Å². The molecular formula is C6H13N3O2S. The first-order valence-corrected chi connectivity index (χ1v) is 5.57. The summed E-state index contributed by atoms with van der Waals surface area (Å²) >= 11 is 0. The van der Waals surface area contributed by atoms with Crippen LogP contribution in [0.25, 0.3) is 0 Å². The average Bonchev–Trinajstić information content (AvgIpc) is 1.82. The van der Waals surface area contributed by atoms with Gasteiger partial charge in [0.05, 0.1) is 11.5 Å². The van der Waals surface area contributed by atoms with E-state index in [-0.39, 0.29) is 11.9 Å². The standard InChI is InChI=1S/C6H13N3O2S/c7-6(8)9-2-1-5-3-12(10,11)4-5/h5H,1-4H2,(H4,7,8,9). The fraction of sp³-hybridized carbons (Fsp3) is 0.833. The zero-order valence-corrected chi connectivity index (χ0v) is 7.55. The summed E-state index contributed by atoms with van der Waals surface area (Å²) < 4.78 is 21.4. The summed E-state index contributed by atoms with van der Waals surface area (Å²) in [5.41, 5.74) is 10.2. The number of guanidine groups is 1. The van der Waals surface area contributed by atoms with Crippen molar-refractivity contribution >= 4 is 15.8 Å². The highest BCUT2D eigenvalue weighted by Crippen LogP contribution is 2.21. The van der Waals surface area contributed by atoms with E-state index < -0.39 is 9.84 Å². The molecule has 1 saturated heterocycles. The van der Waals surface area contributed by atoms with Crippen LogP contribution < -0.4 is 11.5 Å². The molecule has 1 rings (SSSR count). The first kappa shape index (κ1) is 9.31. The van der Waals surface area contributed by atoms with E-state index in [1.54, 1.807) is 0 Å². The van der Waals surface area contributed by atoms with Crippen molar-refractivity contribution in [3.8, 4) is 0 Å². The van der Waals surface area contributed by atoms with E-state index in [0.717, 1.165) is 6.42 Å². The summed E-state index contributed by atoms with van der Waals surface area (Å²) in [4.78, 5) is 3.77. The summed E-state index contributed by atoms with van der Waals surface area (Å²) in [5, 5.41) is 0. The summed E-state index contributed by atoms with van der Waals surface area (Å²) in [6.45, 7) is 0.530. The third kappa shape index (κ3) is 2.69. The van der Waals surface area contributed by atoms with Gasteiger partial charge in [-0.3, -0.25) is 4.99 Å². The van der Waals surface area contributed by atoms with Crippen LogP contribution in [0.15, 0.2) is 4.99 Å². The maximum atomic E-state index is 10.7. The molecule has 6 heteroatoms. The van der Waals surface area contributed by atoms with Crippen molar-refractivity contribution in [3.63, 3.8) is 0 Å². The van der Waals surface area contributed by atoms with Gasteiger partial charge in [-0.2, -0.15) is 0 Å². The molecule has 1 aliphatic rings. The van der Waals surface area contributed by atoms with Crippen LogP contribution in [0, 0.1) is 5.92 Å². The summed E-state index contributed by atoms with van der Waals surface area (Å²) in [6.07, 6.45) is 0.761. The lowest BCUT2D eigenvalue weighted by Gasteiger charge is -2.24. The van der Waals surface area contributed by atoms with Gasteiger partial charge in [0.1, 0.15) is 0 Å². The Labute approximate surface area is 71.8 Å². The summed E-state index contributed by atoms with van der Waals surface area (Å²) in [7, 11) is -2.69. The third-order valence-corrected chi connectivity index (χ3v) is 3.77. The van der Waals surface area contributed by atoms with Crippen LogP contribution in [0.5, 0.6) is 0 Å². The molecule has 1 fully saturated rings. The molecule has 0 aromatic carbocycles. The molecule has 0 aliphatic carbocycles. The van der Waals surface area contributed by atoms with Crippen molar-refractivity contribution in [3.05, 3.63) is 0 Å². The van der Waals surface area contributed by atoms with Crippen LogP contribution in [-0.4, -0.2) is 32.4 Å². The van der Waals surface area contributed by atoms with Gasteiger partial charge < -0.3 is 11.5 Å². The Morgan fingerprint density at radius 2 is 2.00 bits per heavy atom. The number of nitrogens with zero attached hydrogens (tertiary/aromatic N) is 1. The van der Waals surface area contributed by atoms with Crippen LogP contribution >= 0.6 is 0 Å². The minimum absolute atomic E-state index is 0.0668. The van der Waals surface area contributed by atoms with Gasteiger partial charge in [0.25, 0.3) is 0 Å². The highest BCUT2D eigenvalue weighted by atomic mass is 32.2. The predicted molar refractivity (Wildman–Crippen MR) is 47.4 cm³/mol. The highest BCUT2D eigenvalue weighted by Gasteiger charge is 2.32. The average molecular weight is 191 g/mol. The number of nitrogens with two attached hydrogens (primary N) is 2. The van der Waals surface area contributed by atoms with E-state index >= 15 is 0 Å². The molecule has 0 aromatic rings. The Balaban J connectivity index is 2.17. The number of sulfone groups is 1. The molecule has 1 heterocycles. The molecule has 12 heavy (non-hydrogen) atoms. The molecule has 0 bridgehead atoms. The maximum absolute atomic E-state index is 10.7. The second-order valence-electron chi connectivity index (χ2n) is 3.04. The lowest BCUT2D eigenvalue weighted by Crippen LogP contribution is -2.36. The Morgan fingerprint density at radius 3 is 2.42 bits per heavy atom. The van der Waals surface area contributed by atoms with Gasteiger partial charge in [0, 0.05) is 6.54 Å². The van der Waals surface area contributed by atoms with E-state index in [1.807, 2.05) is 0 Å². The molecule has 4 N–H and O–H groups in total. The number of aliphatic imine (C=N–C) groups is 1. The fourth-order valence-electron chi connectivity index (χ4n) is 1.21. The molecule has 70 valence electrons. The molecule has 0 spiro atoms. The second-order valence-corrected chi connectivity index (χ2v) is 5.19. The Bertz CT molecular complexity index is 267. The monoisotopic (exact) mass is 191 g/mol. The van der Waals surface area contributed by atoms with Gasteiger partial charge in [0.15, 0.2) is 15.8 Å². The van der Waals surface area contributed by atoms with Gasteiger partial charge >= 0.3 is 0 Å². The van der Waals surface area contributed by atoms with Crippen molar-refractivity contribution in [2.75, 3.05) is 18.1 Å². The number of hydrogen-bond acceptors (Lipinski definition) is 3. The predicted octanol–water partition coefficient (Wildman–Crippen LogP) is -1.31. The van der Waals surface area contributed by atoms with Gasteiger partial charge in [0.2, 0.25) is 0 Å². The van der Waals surface area contributed by atoms with Crippen LogP contribution in [0.4, 0.5) is 0 Å². The molecule has 1 aliphatic heterocycles. The lowest BCUT2D eigenvalue weighted by atomic mass is 10.1. The van der Waals surface area contributed by atoms with Crippen molar-refractivity contribution in [1.82, 2.24) is 0 Å². The van der Waals surface area contributed by atoms with Crippen molar-refractivity contribution in [2.45, 2.75) is 6.42 Å². The normalized spacial score (nSPS) is 21.3. The van der Waals surface area contributed by atoms with Crippen molar-refractivity contribution < 1.29 is 8.42 Å².